The molecule has 2 nitrogen and oxygen atoms in total. The minimum Gasteiger partial charge on any atom is -0.314 e. The molecular weight excluding hydrogens is 240 g/mol. The van der Waals surface area contributed by atoms with Crippen molar-refractivity contribution in [2.45, 2.75) is 25.8 Å². The summed E-state index contributed by atoms with van der Waals surface area (Å²) < 4.78 is 0. The summed E-state index contributed by atoms with van der Waals surface area (Å²) in [5.74, 6) is 0. The molecule has 2 heterocycles. The van der Waals surface area contributed by atoms with Crippen molar-refractivity contribution < 1.29 is 0 Å². The minimum absolute atomic E-state index is 0.527. The maximum Gasteiger partial charge on any atom is 0.0561 e. The van der Waals surface area contributed by atoms with E-state index >= 15 is 0 Å². The zero-order valence-electron chi connectivity index (χ0n) is 9.71. The van der Waals surface area contributed by atoms with Crippen molar-refractivity contribution in [3.05, 3.63) is 21.3 Å². The Balaban J connectivity index is 2.12. The third-order valence-electron chi connectivity index (χ3n) is 3.10. The number of halogens is 1. The van der Waals surface area contributed by atoms with Crippen LogP contribution in [0.15, 0.2) is 11.4 Å². The van der Waals surface area contributed by atoms with Gasteiger partial charge in [-0.1, -0.05) is 24.9 Å². The van der Waals surface area contributed by atoms with Gasteiger partial charge in [0, 0.05) is 37.1 Å². The highest BCUT2D eigenvalue weighted by Crippen LogP contribution is 2.35. The second kappa shape index (κ2) is 6.01. The summed E-state index contributed by atoms with van der Waals surface area (Å²) in [4.78, 5) is 3.92. The first-order valence-corrected chi connectivity index (χ1v) is 7.26. The average molecular weight is 259 g/mol. The average Bonchev–Trinajstić information content (AvgIpc) is 2.73. The van der Waals surface area contributed by atoms with Gasteiger partial charge in [-0.2, -0.15) is 0 Å². The van der Waals surface area contributed by atoms with Gasteiger partial charge in [-0.25, -0.2) is 0 Å². The van der Waals surface area contributed by atoms with E-state index in [1.807, 2.05) is 6.07 Å². The van der Waals surface area contributed by atoms with Crippen LogP contribution in [-0.4, -0.2) is 31.1 Å². The summed E-state index contributed by atoms with van der Waals surface area (Å²) in [6.45, 7) is 6.72. The second-order valence-corrected chi connectivity index (χ2v) is 5.58. The van der Waals surface area contributed by atoms with Gasteiger partial charge in [-0.15, -0.1) is 11.3 Å². The molecule has 1 atom stereocenters. The Morgan fingerprint density at radius 3 is 2.81 bits per heavy atom. The molecule has 0 spiro atoms. The Bertz CT molecular complexity index is 321. The highest BCUT2D eigenvalue weighted by molar-refractivity contribution is 7.10. The van der Waals surface area contributed by atoms with Crippen LogP contribution < -0.4 is 5.32 Å². The number of piperazine rings is 1. The molecule has 1 fully saturated rings. The maximum atomic E-state index is 6.26. The highest BCUT2D eigenvalue weighted by atomic mass is 35.5. The molecule has 0 amide bonds. The first-order valence-electron chi connectivity index (χ1n) is 6.00. The van der Waals surface area contributed by atoms with Crippen LogP contribution in [0.4, 0.5) is 0 Å². The fraction of sp³-hybridized carbons (Fsp3) is 0.667. The van der Waals surface area contributed by atoms with Crippen LogP contribution in [0, 0.1) is 0 Å². The number of nitrogens with zero attached hydrogens (tertiary/aromatic N) is 1. The molecule has 0 radical (unpaired) electrons. The lowest BCUT2D eigenvalue weighted by molar-refractivity contribution is 0.167. The molecule has 16 heavy (non-hydrogen) atoms. The molecule has 0 aliphatic carbocycles. The zero-order valence-corrected chi connectivity index (χ0v) is 11.3. The summed E-state index contributed by atoms with van der Waals surface area (Å²) in [7, 11) is 0. The Morgan fingerprint density at radius 1 is 1.50 bits per heavy atom. The molecule has 4 heteroatoms. The first-order chi connectivity index (χ1) is 7.83. The predicted octanol–water partition coefficient (Wildman–Crippen LogP) is 3.15. The standard InChI is InChI=1S/C12H19ClN2S/c1-2-3-11(12-10(13)4-9-16-12)15-7-5-14-6-8-15/h4,9,11,14H,2-3,5-8H2,1H3/t11-/m1/s1. The monoisotopic (exact) mass is 258 g/mol. The zero-order chi connectivity index (χ0) is 11.4. The van der Waals surface area contributed by atoms with E-state index in [9.17, 15) is 0 Å². The van der Waals surface area contributed by atoms with Crippen LogP contribution in [0.3, 0.4) is 0 Å². The van der Waals surface area contributed by atoms with Crippen LogP contribution >= 0.6 is 22.9 Å². The molecule has 1 aromatic rings. The molecule has 1 aliphatic heterocycles. The quantitative estimate of drug-likeness (QED) is 0.893. The highest BCUT2D eigenvalue weighted by Gasteiger charge is 2.23. The van der Waals surface area contributed by atoms with Gasteiger partial charge in [0.2, 0.25) is 0 Å². The third kappa shape index (κ3) is 2.77. The van der Waals surface area contributed by atoms with Crippen molar-refractivity contribution in [2.75, 3.05) is 26.2 Å². The number of rotatable bonds is 4. The van der Waals surface area contributed by atoms with Gasteiger partial charge in [0.25, 0.3) is 0 Å². The Kier molecular flexibility index (Phi) is 4.65. The van der Waals surface area contributed by atoms with E-state index < -0.39 is 0 Å². The van der Waals surface area contributed by atoms with Gasteiger partial charge in [0.1, 0.15) is 0 Å². The van der Waals surface area contributed by atoms with Crippen LogP contribution in [-0.2, 0) is 0 Å². The van der Waals surface area contributed by atoms with E-state index in [-0.39, 0.29) is 0 Å². The van der Waals surface area contributed by atoms with Gasteiger partial charge in [-0.05, 0) is 17.9 Å². The Labute approximate surface area is 107 Å². The smallest absolute Gasteiger partial charge is 0.0561 e. The number of thiophene rings is 1. The first kappa shape index (κ1) is 12.4. The SMILES string of the molecule is CCC[C@H](c1sccc1Cl)N1CCNCC1. The molecular formula is C12H19ClN2S. The van der Waals surface area contributed by atoms with Gasteiger partial charge in [0.05, 0.1) is 5.02 Å². The fourth-order valence-electron chi connectivity index (χ4n) is 2.29. The summed E-state index contributed by atoms with van der Waals surface area (Å²) in [6, 6.07) is 2.55. The van der Waals surface area contributed by atoms with Crippen molar-refractivity contribution in [1.82, 2.24) is 10.2 Å². The largest absolute Gasteiger partial charge is 0.314 e. The Morgan fingerprint density at radius 2 is 2.25 bits per heavy atom. The second-order valence-electron chi connectivity index (χ2n) is 4.22. The summed E-state index contributed by atoms with van der Waals surface area (Å²) in [6.07, 6.45) is 2.42. The predicted molar refractivity (Wildman–Crippen MR) is 71.4 cm³/mol. The van der Waals surface area contributed by atoms with E-state index in [1.54, 1.807) is 11.3 Å². The summed E-state index contributed by atoms with van der Waals surface area (Å²) >= 11 is 8.05. The van der Waals surface area contributed by atoms with E-state index in [1.165, 1.54) is 17.7 Å². The molecule has 2 rings (SSSR count). The van der Waals surface area contributed by atoms with E-state index in [0.29, 0.717) is 6.04 Å². The van der Waals surface area contributed by atoms with Crippen molar-refractivity contribution in [3.63, 3.8) is 0 Å². The van der Waals surface area contributed by atoms with Gasteiger partial charge >= 0.3 is 0 Å². The van der Waals surface area contributed by atoms with Crippen molar-refractivity contribution in [3.8, 4) is 0 Å². The fourth-order valence-corrected chi connectivity index (χ4v) is 3.64. The molecule has 0 bridgehead atoms. The van der Waals surface area contributed by atoms with Crippen LogP contribution in [0.1, 0.15) is 30.7 Å². The molecule has 1 aliphatic rings. The lowest BCUT2D eigenvalue weighted by Gasteiger charge is -2.34. The number of hydrogen-bond donors (Lipinski definition) is 1. The lowest BCUT2D eigenvalue weighted by atomic mass is 10.1. The molecule has 0 saturated carbocycles. The summed E-state index contributed by atoms with van der Waals surface area (Å²) in [5.41, 5.74) is 0. The van der Waals surface area contributed by atoms with Crippen molar-refractivity contribution >= 4 is 22.9 Å². The molecule has 1 aromatic heterocycles. The van der Waals surface area contributed by atoms with Crippen molar-refractivity contribution in [2.24, 2.45) is 0 Å². The van der Waals surface area contributed by atoms with Crippen LogP contribution in [0.25, 0.3) is 0 Å². The van der Waals surface area contributed by atoms with E-state index in [4.69, 9.17) is 11.6 Å². The summed E-state index contributed by atoms with van der Waals surface area (Å²) in [5, 5.41) is 6.45. The molecule has 90 valence electrons. The lowest BCUT2D eigenvalue weighted by Crippen LogP contribution is -2.45. The van der Waals surface area contributed by atoms with Gasteiger partial charge < -0.3 is 5.32 Å². The number of hydrogen-bond acceptors (Lipinski definition) is 3. The Hall–Kier alpha value is -0.0900. The molecule has 1 saturated heterocycles. The van der Waals surface area contributed by atoms with Crippen LogP contribution in [0.5, 0.6) is 0 Å². The third-order valence-corrected chi connectivity index (χ3v) is 4.56. The van der Waals surface area contributed by atoms with Crippen LogP contribution in [0.2, 0.25) is 5.02 Å². The topological polar surface area (TPSA) is 15.3 Å². The number of nitrogens with one attached hydrogen (secondary N) is 1. The normalized spacial score (nSPS) is 19.9. The van der Waals surface area contributed by atoms with Gasteiger partial charge in [-0.3, -0.25) is 4.90 Å². The van der Waals surface area contributed by atoms with E-state index in [2.05, 4.69) is 22.5 Å². The maximum absolute atomic E-state index is 6.26. The van der Waals surface area contributed by atoms with Gasteiger partial charge in [0.15, 0.2) is 0 Å². The van der Waals surface area contributed by atoms with Crippen molar-refractivity contribution in [1.29, 1.82) is 0 Å². The molecule has 0 unspecified atom stereocenters. The minimum atomic E-state index is 0.527. The van der Waals surface area contributed by atoms with E-state index in [0.717, 1.165) is 31.2 Å². The molecule has 0 aromatic carbocycles. The molecule has 1 N–H and O–H groups in total.